The highest BCUT2D eigenvalue weighted by molar-refractivity contribution is 8.93. The van der Waals surface area contributed by atoms with E-state index in [1.165, 1.54) is 34.9 Å². The summed E-state index contributed by atoms with van der Waals surface area (Å²) in [5.41, 5.74) is 8.52. The van der Waals surface area contributed by atoms with Gasteiger partial charge in [-0.2, -0.15) is 0 Å². The molecule has 0 unspecified atom stereocenters. The molecule has 5 aromatic rings. The van der Waals surface area contributed by atoms with Crippen molar-refractivity contribution < 1.29 is 28.8 Å². The fourth-order valence-corrected chi connectivity index (χ4v) is 5.55. The number of hydrogen-bond acceptors (Lipinski definition) is 7. The van der Waals surface area contributed by atoms with Crippen LogP contribution in [0.1, 0.15) is 58.9 Å². The molecule has 0 atom stereocenters. The van der Waals surface area contributed by atoms with Gasteiger partial charge >= 0.3 is 0 Å². The normalized spacial score (nSPS) is 10.5. The molecule has 0 aliphatic rings. The van der Waals surface area contributed by atoms with E-state index in [1.807, 2.05) is 0 Å². The number of nitrogens with zero attached hydrogens (tertiary/aromatic N) is 5. The number of aryl methyl sites for hydroxylation is 5. The maximum Gasteiger partial charge on any atom is 0.272 e. The van der Waals surface area contributed by atoms with Crippen molar-refractivity contribution in [3.8, 4) is 0 Å². The van der Waals surface area contributed by atoms with Crippen LogP contribution in [0.15, 0.2) is 61.3 Å². The molecule has 5 heterocycles. The molecule has 0 aromatic carbocycles. The van der Waals surface area contributed by atoms with Crippen molar-refractivity contribution in [1.82, 2.24) is 28.2 Å². The van der Waals surface area contributed by atoms with Crippen LogP contribution < -0.4 is 37.6 Å². The number of nitrogens with two attached hydrogens (primary N) is 1. The molecule has 5 rings (SSSR count). The molecule has 0 fully saturated rings. The fourth-order valence-electron chi connectivity index (χ4n) is 5.55. The smallest absolute Gasteiger partial charge is 0.272 e. The summed E-state index contributed by atoms with van der Waals surface area (Å²) < 4.78 is 7.73. The van der Waals surface area contributed by atoms with Gasteiger partial charge in [0.15, 0.2) is 0 Å². The van der Waals surface area contributed by atoms with Gasteiger partial charge in [0.05, 0.1) is 34.3 Å². The Balaban J connectivity index is 0.00000650. The fraction of sp³-hybridized carbons (Fsp3) is 0.206. The minimum atomic E-state index is -0.495. The Bertz CT molecular complexity index is 2270. The Labute approximate surface area is 319 Å². The molecule has 54 heavy (non-hydrogen) atoms. The Hall–Kier alpha value is -6.83. The zero-order valence-corrected chi connectivity index (χ0v) is 31.6. The second-order valence-corrected chi connectivity index (χ2v) is 12.2. The first-order valence-electron chi connectivity index (χ1n) is 16.0. The molecular weight excluding hydrogens is 766 g/mol. The Morgan fingerprint density at radius 2 is 0.833 bits per heavy atom. The number of carbonyl (C=O) groups excluding carboxylic acids is 6. The van der Waals surface area contributed by atoms with Crippen LogP contribution in [0.25, 0.3) is 0 Å². The molecule has 0 aliphatic heterocycles. The van der Waals surface area contributed by atoms with Crippen LogP contribution in [0.4, 0.5) is 28.4 Å². The number of nitrogens with one attached hydrogen (secondary N) is 7. The van der Waals surface area contributed by atoms with E-state index in [0.29, 0.717) is 46.2 Å². The molecule has 0 radical (unpaired) electrons. The van der Waals surface area contributed by atoms with Crippen LogP contribution in [0.5, 0.6) is 0 Å². The van der Waals surface area contributed by atoms with Gasteiger partial charge in [-0.05, 0) is 30.3 Å². The third kappa shape index (κ3) is 9.14. The zero-order valence-electron chi connectivity index (χ0n) is 29.9. The first-order valence-corrected chi connectivity index (χ1v) is 16.0. The van der Waals surface area contributed by atoms with Gasteiger partial charge in [-0.3, -0.25) is 34.2 Å². The number of anilines is 5. The van der Waals surface area contributed by atoms with Crippen LogP contribution in [0.3, 0.4) is 0 Å². The molecule has 0 spiro atoms. The van der Waals surface area contributed by atoms with Gasteiger partial charge in [0.25, 0.3) is 29.5 Å². The van der Waals surface area contributed by atoms with E-state index in [1.54, 1.807) is 84.5 Å². The predicted molar refractivity (Wildman–Crippen MR) is 208 cm³/mol. The molecule has 19 nitrogen and oxygen atoms in total. The van der Waals surface area contributed by atoms with Gasteiger partial charge in [-0.25, -0.2) is 0 Å². The summed E-state index contributed by atoms with van der Waals surface area (Å²) in [6.07, 6.45) is 8.62. The molecular formula is C34H40BrN13O6. The Kier molecular flexibility index (Phi) is 12.3. The average molecular weight is 807 g/mol. The summed E-state index contributed by atoms with van der Waals surface area (Å²) in [4.78, 5) is 75.7. The van der Waals surface area contributed by atoms with Crippen LogP contribution in [0, 0.1) is 5.41 Å². The highest BCUT2D eigenvalue weighted by Crippen LogP contribution is 2.22. The first kappa shape index (κ1) is 39.9. The second-order valence-electron chi connectivity index (χ2n) is 12.2. The minimum absolute atomic E-state index is 0. The van der Waals surface area contributed by atoms with E-state index in [9.17, 15) is 28.8 Å². The molecule has 0 saturated heterocycles. The van der Waals surface area contributed by atoms with Gasteiger partial charge in [-0.1, -0.05) is 0 Å². The predicted octanol–water partition coefficient (Wildman–Crippen LogP) is 2.59. The lowest BCUT2D eigenvalue weighted by Gasteiger charge is -2.04. The van der Waals surface area contributed by atoms with E-state index in [4.69, 9.17) is 11.1 Å². The first-order chi connectivity index (χ1) is 25.1. The third-order valence-electron chi connectivity index (χ3n) is 8.12. The monoisotopic (exact) mass is 805 g/mol. The highest BCUT2D eigenvalue weighted by Gasteiger charge is 2.21. The lowest BCUT2D eigenvalue weighted by atomic mass is 10.3. The number of halogens is 1. The number of hydrogen-bond donors (Lipinski definition) is 8. The lowest BCUT2D eigenvalue weighted by Crippen LogP contribution is -2.28. The lowest BCUT2D eigenvalue weighted by molar-refractivity contribution is -0.105. The number of amidine groups is 1. The van der Waals surface area contributed by atoms with Gasteiger partial charge in [0.2, 0.25) is 6.41 Å². The van der Waals surface area contributed by atoms with Crippen molar-refractivity contribution in [3.05, 3.63) is 89.8 Å². The molecule has 6 amide bonds. The van der Waals surface area contributed by atoms with E-state index in [2.05, 4.69) is 31.9 Å². The van der Waals surface area contributed by atoms with E-state index in [0.717, 1.165) is 0 Å². The number of aromatic nitrogens is 5. The van der Waals surface area contributed by atoms with Crippen LogP contribution in [-0.4, -0.2) is 71.2 Å². The van der Waals surface area contributed by atoms with Crippen molar-refractivity contribution in [3.63, 3.8) is 0 Å². The van der Waals surface area contributed by atoms with Crippen molar-refractivity contribution in [2.45, 2.75) is 6.42 Å². The molecule has 0 bridgehead atoms. The summed E-state index contributed by atoms with van der Waals surface area (Å²) in [6.45, 7) is 0.204. The number of amides is 6. The molecule has 5 aromatic heterocycles. The van der Waals surface area contributed by atoms with Crippen molar-refractivity contribution in [2.75, 3.05) is 33.1 Å². The summed E-state index contributed by atoms with van der Waals surface area (Å²) in [6, 6.07) is 7.54. The van der Waals surface area contributed by atoms with Crippen LogP contribution in [-0.2, 0) is 40.0 Å². The molecule has 20 heteroatoms. The number of carbonyl (C=O) groups is 6. The SMILES string of the molecule is Br.Cn1cc(NC(=O)c2cc(NC(=O)c3cc(NC(=O)c4cc(NC(=O)c5cc(NC=O)cn5C)cn4C)cn3C)cn2C)cc1C(=O)NCCC(=N)N. The number of rotatable bonds is 14. The maximum absolute atomic E-state index is 13.3. The van der Waals surface area contributed by atoms with E-state index >= 15 is 0 Å². The van der Waals surface area contributed by atoms with Crippen molar-refractivity contribution >= 4 is 87.2 Å². The average Bonchev–Trinajstić information content (AvgIpc) is 3.89. The topological polar surface area (TPSA) is 249 Å². The summed E-state index contributed by atoms with van der Waals surface area (Å²) in [5, 5.41) is 23.5. The van der Waals surface area contributed by atoms with E-state index in [-0.39, 0.29) is 58.8 Å². The standard InChI is InChI=1S/C34H39N13O6.BrH/c1-43-13-19(38-18-48)8-25(43)31(50)40-21-10-27(45(3)15-21)33(52)42-23-12-28(47(5)17-23)34(53)41-22-11-26(46(4)16-22)32(51)39-20-9-24(44(2)14-20)30(49)37-7-6-29(35)36;/h8-18H,6-7H2,1-5H3,(H3,35,36)(H,37,49)(H,38,48)(H,39,51)(H,40,50)(H,41,53)(H,42,52);1H. The summed E-state index contributed by atoms with van der Waals surface area (Å²) >= 11 is 0. The molecule has 0 saturated carbocycles. The van der Waals surface area contributed by atoms with Gasteiger partial charge in [0.1, 0.15) is 28.5 Å². The quantitative estimate of drug-likeness (QED) is 0.0473. The Morgan fingerprint density at radius 3 is 1.13 bits per heavy atom. The Morgan fingerprint density at radius 1 is 0.556 bits per heavy atom. The van der Waals surface area contributed by atoms with Crippen LogP contribution >= 0.6 is 17.0 Å². The summed E-state index contributed by atoms with van der Waals surface area (Å²) in [7, 11) is 8.25. The minimum Gasteiger partial charge on any atom is -0.388 e. The van der Waals surface area contributed by atoms with Gasteiger partial charge < -0.3 is 60.5 Å². The molecule has 9 N–H and O–H groups in total. The second kappa shape index (κ2) is 16.7. The van der Waals surface area contributed by atoms with Crippen molar-refractivity contribution in [1.29, 1.82) is 5.41 Å². The van der Waals surface area contributed by atoms with Gasteiger partial charge in [0, 0.05) is 79.2 Å². The molecule has 0 aliphatic carbocycles. The largest absolute Gasteiger partial charge is 0.388 e. The maximum atomic E-state index is 13.3. The van der Waals surface area contributed by atoms with Gasteiger partial charge in [-0.15, -0.1) is 17.0 Å². The van der Waals surface area contributed by atoms with Crippen molar-refractivity contribution in [2.24, 2.45) is 41.0 Å². The molecule has 284 valence electrons. The highest BCUT2D eigenvalue weighted by atomic mass is 79.9. The third-order valence-corrected chi connectivity index (χ3v) is 8.12. The summed E-state index contributed by atoms with van der Waals surface area (Å²) in [5.74, 6) is -2.32. The zero-order chi connectivity index (χ0) is 38.6. The van der Waals surface area contributed by atoms with Crippen LogP contribution in [0.2, 0.25) is 0 Å². The van der Waals surface area contributed by atoms with E-state index < -0.39 is 23.6 Å².